The van der Waals surface area contributed by atoms with E-state index in [2.05, 4.69) is 27.3 Å². The molecule has 0 unspecified atom stereocenters. The molecule has 19 heavy (non-hydrogen) atoms. The molecule has 0 radical (unpaired) electrons. The van der Waals surface area contributed by atoms with E-state index in [-0.39, 0.29) is 5.91 Å². The zero-order valence-electron chi connectivity index (χ0n) is 11.6. The minimum atomic E-state index is 0.186. The topological polar surface area (TPSA) is 61.4 Å². The van der Waals surface area contributed by atoms with Crippen LogP contribution in [0.5, 0.6) is 0 Å². The summed E-state index contributed by atoms with van der Waals surface area (Å²) in [5, 5.41) is 13.4. The standard InChI is InChI=1S/C12H21N5OS/c1-3-5-13-12-15-14-10(19-12)8-17-7-4-6-16(2)11(18)9-17/h3-9H2,1-2H3,(H,13,15). The van der Waals surface area contributed by atoms with Gasteiger partial charge in [0.25, 0.3) is 0 Å². The van der Waals surface area contributed by atoms with E-state index in [4.69, 9.17) is 0 Å². The summed E-state index contributed by atoms with van der Waals surface area (Å²) >= 11 is 1.58. The molecule has 0 aromatic carbocycles. The fraction of sp³-hybridized carbons (Fsp3) is 0.750. The number of carbonyl (C=O) groups excluding carboxylic acids is 1. The van der Waals surface area contributed by atoms with Gasteiger partial charge in [-0.1, -0.05) is 18.3 Å². The second-order valence-electron chi connectivity index (χ2n) is 4.81. The normalized spacial score (nSPS) is 17.6. The van der Waals surface area contributed by atoms with Crippen LogP contribution in [0.4, 0.5) is 5.13 Å². The van der Waals surface area contributed by atoms with Crippen molar-refractivity contribution in [1.82, 2.24) is 20.0 Å². The van der Waals surface area contributed by atoms with Gasteiger partial charge in [-0.2, -0.15) is 0 Å². The fourth-order valence-electron chi connectivity index (χ4n) is 1.99. The van der Waals surface area contributed by atoms with Crippen LogP contribution in [0.15, 0.2) is 0 Å². The molecule has 0 bridgehead atoms. The van der Waals surface area contributed by atoms with E-state index in [9.17, 15) is 4.79 Å². The summed E-state index contributed by atoms with van der Waals surface area (Å²) in [5.41, 5.74) is 0. The maximum Gasteiger partial charge on any atom is 0.236 e. The van der Waals surface area contributed by atoms with Crippen LogP contribution < -0.4 is 5.32 Å². The number of nitrogens with one attached hydrogen (secondary N) is 1. The maximum atomic E-state index is 11.8. The molecule has 1 aromatic heterocycles. The quantitative estimate of drug-likeness (QED) is 0.874. The number of aromatic nitrogens is 2. The number of hydrogen-bond donors (Lipinski definition) is 1. The van der Waals surface area contributed by atoms with Gasteiger partial charge in [0, 0.05) is 26.7 Å². The summed E-state index contributed by atoms with van der Waals surface area (Å²) < 4.78 is 0. The van der Waals surface area contributed by atoms with Crippen LogP contribution >= 0.6 is 11.3 Å². The van der Waals surface area contributed by atoms with Gasteiger partial charge in [0.1, 0.15) is 5.01 Å². The van der Waals surface area contributed by atoms with Gasteiger partial charge in [-0.05, 0) is 12.8 Å². The molecule has 1 aliphatic heterocycles. The van der Waals surface area contributed by atoms with E-state index in [1.807, 2.05) is 7.05 Å². The molecule has 1 N–H and O–H groups in total. The van der Waals surface area contributed by atoms with Gasteiger partial charge < -0.3 is 10.2 Å². The summed E-state index contributed by atoms with van der Waals surface area (Å²) in [6.07, 6.45) is 2.09. The van der Waals surface area contributed by atoms with Crippen molar-refractivity contribution in [3.63, 3.8) is 0 Å². The van der Waals surface area contributed by atoms with Crippen LogP contribution in [-0.4, -0.2) is 59.1 Å². The van der Waals surface area contributed by atoms with Gasteiger partial charge in [0.15, 0.2) is 0 Å². The predicted octanol–water partition coefficient (Wildman–Crippen LogP) is 1.02. The Labute approximate surface area is 117 Å². The van der Waals surface area contributed by atoms with Crippen molar-refractivity contribution in [2.45, 2.75) is 26.3 Å². The summed E-state index contributed by atoms with van der Waals surface area (Å²) in [6.45, 7) is 6.01. The van der Waals surface area contributed by atoms with E-state index in [0.29, 0.717) is 13.1 Å². The van der Waals surface area contributed by atoms with E-state index >= 15 is 0 Å². The Morgan fingerprint density at radius 2 is 2.21 bits per heavy atom. The highest BCUT2D eigenvalue weighted by molar-refractivity contribution is 7.15. The minimum absolute atomic E-state index is 0.186. The van der Waals surface area contributed by atoms with Gasteiger partial charge in [-0.3, -0.25) is 9.69 Å². The molecular formula is C12H21N5OS. The lowest BCUT2D eigenvalue weighted by molar-refractivity contribution is -0.130. The molecule has 1 amide bonds. The first-order valence-corrected chi connectivity index (χ1v) is 7.53. The molecule has 1 fully saturated rings. The van der Waals surface area contributed by atoms with Crippen LogP contribution in [-0.2, 0) is 11.3 Å². The van der Waals surface area contributed by atoms with E-state index in [0.717, 1.165) is 42.6 Å². The van der Waals surface area contributed by atoms with Crippen LogP contribution in [0.2, 0.25) is 0 Å². The minimum Gasteiger partial charge on any atom is -0.360 e. The Hall–Kier alpha value is -1.21. The Morgan fingerprint density at radius 3 is 3.00 bits per heavy atom. The van der Waals surface area contributed by atoms with Gasteiger partial charge in [-0.15, -0.1) is 10.2 Å². The Bertz CT molecular complexity index is 422. The van der Waals surface area contributed by atoms with Gasteiger partial charge in [0.05, 0.1) is 13.1 Å². The number of nitrogens with zero attached hydrogens (tertiary/aromatic N) is 4. The van der Waals surface area contributed by atoms with Crippen molar-refractivity contribution in [1.29, 1.82) is 0 Å². The second kappa shape index (κ2) is 6.81. The van der Waals surface area contributed by atoms with Crippen molar-refractivity contribution in [3.05, 3.63) is 5.01 Å². The molecule has 2 rings (SSSR count). The van der Waals surface area contributed by atoms with Crippen molar-refractivity contribution in [2.75, 3.05) is 38.5 Å². The fourth-order valence-corrected chi connectivity index (χ4v) is 2.80. The molecule has 6 nitrogen and oxygen atoms in total. The first kappa shape index (κ1) is 14.2. The van der Waals surface area contributed by atoms with Gasteiger partial charge in [0.2, 0.25) is 11.0 Å². The molecule has 0 atom stereocenters. The average Bonchev–Trinajstić information content (AvgIpc) is 2.76. The highest BCUT2D eigenvalue weighted by Crippen LogP contribution is 2.17. The Kier molecular flexibility index (Phi) is 5.09. The molecule has 1 aromatic rings. The number of carbonyl (C=O) groups is 1. The predicted molar refractivity (Wildman–Crippen MR) is 76.2 cm³/mol. The lowest BCUT2D eigenvalue weighted by Crippen LogP contribution is -2.34. The lowest BCUT2D eigenvalue weighted by atomic mass is 10.4. The van der Waals surface area contributed by atoms with Gasteiger partial charge >= 0.3 is 0 Å². The van der Waals surface area contributed by atoms with Crippen LogP contribution in [0.3, 0.4) is 0 Å². The molecule has 1 saturated heterocycles. The third kappa shape index (κ3) is 4.14. The van der Waals surface area contributed by atoms with Crippen LogP contribution in [0.1, 0.15) is 24.8 Å². The SMILES string of the molecule is CCCNc1nnc(CN2CCCN(C)C(=O)C2)s1. The summed E-state index contributed by atoms with van der Waals surface area (Å²) in [6, 6.07) is 0. The third-order valence-corrected chi connectivity index (χ3v) is 3.97. The zero-order valence-corrected chi connectivity index (χ0v) is 12.4. The van der Waals surface area contributed by atoms with Crippen LogP contribution in [0.25, 0.3) is 0 Å². The zero-order chi connectivity index (χ0) is 13.7. The maximum absolute atomic E-state index is 11.8. The number of hydrogen-bond acceptors (Lipinski definition) is 6. The van der Waals surface area contributed by atoms with E-state index in [1.165, 1.54) is 0 Å². The summed E-state index contributed by atoms with van der Waals surface area (Å²) in [5.74, 6) is 0.186. The first-order chi connectivity index (χ1) is 9.19. The van der Waals surface area contributed by atoms with Crippen LogP contribution in [0, 0.1) is 0 Å². The number of amides is 1. The first-order valence-electron chi connectivity index (χ1n) is 6.71. The summed E-state index contributed by atoms with van der Waals surface area (Å²) in [7, 11) is 1.86. The average molecular weight is 283 g/mol. The highest BCUT2D eigenvalue weighted by atomic mass is 32.1. The van der Waals surface area contributed by atoms with Crippen molar-refractivity contribution >= 4 is 22.4 Å². The molecule has 2 heterocycles. The Balaban J connectivity index is 1.89. The van der Waals surface area contributed by atoms with Gasteiger partial charge in [-0.25, -0.2) is 0 Å². The summed E-state index contributed by atoms with van der Waals surface area (Å²) in [4.78, 5) is 15.7. The molecule has 0 saturated carbocycles. The number of likely N-dealkylation sites (N-methyl/N-ethyl adjacent to an activating group) is 1. The highest BCUT2D eigenvalue weighted by Gasteiger charge is 2.20. The van der Waals surface area contributed by atoms with E-state index < -0.39 is 0 Å². The second-order valence-corrected chi connectivity index (χ2v) is 5.87. The molecule has 7 heteroatoms. The largest absolute Gasteiger partial charge is 0.360 e. The molecule has 106 valence electrons. The third-order valence-electron chi connectivity index (χ3n) is 3.10. The van der Waals surface area contributed by atoms with Crippen molar-refractivity contribution in [3.8, 4) is 0 Å². The molecule has 1 aliphatic rings. The number of anilines is 1. The number of rotatable bonds is 5. The van der Waals surface area contributed by atoms with Crippen molar-refractivity contribution < 1.29 is 4.79 Å². The smallest absolute Gasteiger partial charge is 0.236 e. The lowest BCUT2D eigenvalue weighted by Gasteiger charge is -2.17. The monoisotopic (exact) mass is 283 g/mol. The van der Waals surface area contributed by atoms with E-state index in [1.54, 1.807) is 16.2 Å². The molecule has 0 aliphatic carbocycles. The van der Waals surface area contributed by atoms with Crippen molar-refractivity contribution in [2.24, 2.45) is 0 Å². The Morgan fingerprint density at radius 1 is 1.37 bits per heavy atom. The molecule has 0 spiro atoms. The molecular weight excluding hydrogens is 262 g/mol.